The Balaban J connectivity index is 2.89. The average molecular weight is 271 g/mol. The monoisotopic (exact) mass is 269 g/mol. The zero-order chi connectivity index (χ0) is 10.3. The maximum Gasteiger partial charge on any atom is 0.0737 e. The summed E-state index contributed by atoms with van der Waals surface area (Å²) in [5.74, 6) is 0. The molecule has 3 heteroatoms. The van der Waals surface area contributed by atoms with E-state index in [4.69, 9.17) is 11.6 Å². The standard InChI is InChI=1S/C11H9BrClN/c1-6-3-8-10(4-7(6)2)14-5-9(13)11(8)12/h3-5H,1-2H3. The zero-order valence-electron chi connectivity index (χ0n) is 7.94. The molecule has 0 spiro atoms. The third-order valence-electron chi connectivity index (χ3n) is 2.38. The van der Waals surface area contributed by atoms with Gasteiger partial charge in [-0.1, -0.05) is 11.6 Å². The zero-order valence-corrected chi connectivity index (χ0v) is 10.3. The summed E-state index contributed by atoms with van der Waals surface area (Å²) in [6.07, 6.45) is 1.67. The van der Waals surface area contributed by atoms with Crippen molar-refractivity contribution in [3.8, 4) is 0 Å². The molecule has 1 nitrogen and oxygen atoms in total. The van der Waals surface area contributed by atoms with Crippen LogP contribution in [0.25, 0.3) is 10.9 Å². The molecule has 0 radical (unpaired) electrons. The molecule has 2 aromatic rings. The van der Waals surface area contributed by atoms with E-state index in [0.29, 0.717) is 5.02 Å². The Morgan fingerprint density at radius 3 is 2.57 bits per heavy atom. The summed E-state index contributed by atoms with van der Waals surface area (Å²) in [6, 6.07) is 4.18. The molecule has 0 aliphatic carbocycles. The van der Waals surface area contributed by atoms with Gasteiger partial charge in [-0.15, -0.1) is 0 Å². The van der Waals surface area contributed by atoms with Crippen LogP contribution in [0.1, 0.15) is 11.1 Å². The second kappa shape index (κ2) is 3.52. The van der Waals surface area contributed by atoms with Gasteiger partial charge >= 0.3 is 0 Å². The molecular formula is C11H9BrClN. The fraction of sp³-hybridized carbons (Fsp3) is 0.182. The molecule has 0 aliphatic heterocycles. The van der Waals surface area contributed by atoms with Crippen LogP contribution in [0.3, 0.4) is 0 Å². The molecule has 72 valence electrons. The van der Waals surface area contributed by atoms with Crippen molar-refractivity contribution in [3.63, 3.8) is 0 Å². The Bertz CT molecular complexity index is 508. The summed E-state index contributed by atoms with van der Waals surface area (Å²) in [4.78, 5) is 4.28. The van der Waals surface area contributed by atoms with Crippen LogP contribution in [0, 0.1) is 13.8 Å². The van der Waals surface area contributed by atoms with E-state index in [1.807, 2.05) is 0 Å². The van der Waals surface area contributed by atoms with Gasteiger partial charge in [0.1, 0.15) is 0 Å². The number of hydrogen-bond acceptors (Lipinski definition) is 1. The Kier molecular flexibility index (Phi) is 2.50. The van der Waals surface area contributed by atoms with Crippen LogP contribution in [0.15, 0.2) is 22.8 Å². The highest BCUT2D eigenvalue weighted by Crippen LogP contribution is 2.30. The van der Waals surface area contributed by atoms with E-state index in [1.165, 1.54) is 11.1 Å². The smallest absolute Gasteiger partial charge is 0.0737 e. The van der Waals surface area contributed by atoms with Gasteiger partial charge in [-0.25, -0.2) is 0 Å². The fourth-order valence-corrected chi connectivity index (χ4v) is 1.97. The van der Waals surface area contributed by atoms with E-state index in [-0.39, 0.29) is 0 Å². The number of aryl methyl sites for hydroxylation is 2. The summed E-state index contributed by atoms with van der Waals surface area (Å²) in [7, 11) is 0. The summed E-state index contributed by atoms with van der Waals surface area (Å²) in [5.41, 5.74) is 3.48. The molecule has 0 N–H and O–H groups in total. The molecule has 0 aliphatic rings. The molecule has 0 atom stereocenters. The predicted molar refractivity (Wildman–Crippen MR) is 63.9 cm³/mol. The van der Waals surface area contributed by atoms with Gasteiger partial charge in [-0.3, -0.25) is 4.98 Å². The third-order valence-corrected chi connectivity index (χ3v) is 3.74. The van der Waals surface area contributed by atoms with Crippen LogP contribution >= 0.6 is 27.5 Å². The van der Waals surface area contributed by atoms with Gasteiger partial charge in [-0.2, -0.15) is 0 Å². The van der Waals surface area contributed by atoms with Crippen molar-refractivity contribution < 1.29 is 0 Å². The van der Waals surface area contributed by atoms with Crippen LogP contribution in [-0.2, 0) is 0 Å². The second-order valence-corrected chi connectivity index (χ2v) is 4.57. The molecule has 0 unspecified atom stereocenters. The molecule has 0 amide bonds. The Hall–Kier alpha value is -0.600. The van der Waals surface area contributed by atoms with Gasteiger partial charge in [0.15, 0.2) is 0 Å². The quantitative estimate of drug-likeness (QED) is 0.697. The number of nitrogens with zero attached hydrogens (tertiary/aromatic N) is 1. The highest BCUT2D eigenvalue weighted by molar-refractivity contribution is 9.10. The number of aromatic nitrogens is 1. The van der Waals surface area contributed by atoms with Gasteiger partial charge in [-0.05, 0) is 53.0 Å². The minimum atomic E-state index is 0.653. The van der Waals surface area contributed by atoms with Crippen molar-refractivity contribution in [2.45, 2.75) is 13.8 Å². The number of pyridine rings is 1. The third kappa shape index (κ3) is 1.53. The molecule has 0 saturated heterocycles. The summed E-state index contributed by atoms with van der Waals surface area (Å²) in [5, 5.41) is 1.72. The molecule has 14 heavy (non-hydrogen) atoms. The topological polar surface area (TPSA) is 12.9 Å². The number of halogens is 2. The first-order valence-electron chi connectivity index (χ1n) is 4.30. The fourth-order valence-electron chi connectivity index (χ4n) is 1.40. The van der Waals surface area contributed by atoms with Crippen molar-refractivity contribution in [1.29, 1.82) is 0 Å². The van der Waals surface area contributed by atoms with Crippen LogP contribution in [-0.4, -0.2) is 4.98 Å². The first-order chi connectivity index (χ1) is 6.59. The van der Waals surface area contributed by atoms with Crippen LogP contribution < -0.4 is 0 Å². The lowest BCUT2D eigenvalue weighted by molar-refractivity contribution is 1.32. The van der Waals surface area contributed by atoms with Crippen molar-refractivity contribution in [2.75, 3.05) is 0 Å². The van der Waals surface area contributed by atoms with E-state index >= 15 is 0 Å². The number of rotatable bonds is 0. The van der Waals surface area contributed by atoms with Gasteiger partial charge in [0.05, 0.1) is 10.5 Å². The molecule has 1 aromatic heterocycles. The molecule has 1 heterocycles. The van der Waals surface area contributed by atoms with E-state index < -0.39 is 0 Å². The SMILES string of the molecule is Cc1cc2ncc(Cl)c(Br)c2cc1C. The maximum absolute atomic E-state index is 5.97. The highest BCUT2D eigenvalue weighted by Gasteiger charge is 2.05. The predicted octanol–water partition coefficient (Wildman–Crippen LogP) is 4.27. The molecule has 2 rings (SSSR count). The molecule has 1 aromatic carbocycles. The van der Waals surface area contributed by atoms with Crippen LogP contribution in [0.4, 0.5) is 0 Å². The van der Waals surface area contributed by atoms with E-state index in [0.717, 1.165) is 15.4 Å². The van der Waals surface area contributed by atoms with E-state index in [2.05, 4.69) is 46.9 Å². The average Bonchev–Trinajstić information content (AvgIpc) is 2.15. The largest absolute Gasteiger partial charge is 0.255 e. The first-order valence-corrected chi connectivity index (χ1v) is 5.47. The Morgan fingerprint density at radius 2 is 1.86 bits per heavy atom. The van der Waals surface area contributed by atoms with Gasteiger partial charge < -0.3 is 0 Å². The minimum Gasteiger partial charge on any atom is -0.255 e. The maximum atomic E-state index is 5.97. The van der Waals surface area contributed by atoms with E-state index in [1.54, 1.807) is 6.20 Å². The molecule has 0 bridgehead atoms. The van der Waals surface area contributed by atoms with Crippen molar-refractivity contribution >= 4 is 38.4 Å². The van der Waals surface area contributed by atoms with Crippen LogP contribution in [0.5, 0.6) is 0 Å². The summed E-state index contributed by atoms with van der Waals surface area (Å²) >= 11 is 9.44. The lowest BCUT2D eigenvalue weighted by atomic mass is 10.1. The molecule has 0 saturated carbocycles. The van der Waals surface area contributed by atoms with Gasteiger partial charge in [0.2, 0.25) is 0 Å². The van der Waals surface area contributed by atoms with Crippen molar-refractivity contribution in [3.05, 3.63) is 39.0 Å². The van der Waals surface area contributed by atoms with Gasteiger partial charge in [0.25, 0.3) is 0 Å². The minimum absolute atomic E-state index is 0.653. The summed E-state index contributed by atoms with van der Waals surface area (Å²) < 4.78 is 0.923. The summed E-state index contributed by atoms with van der Waals surface area (Å²) in [6.45, 7) is 4.17. The second-order valence-electron chi connectivity index (χ2n) is 3.37. The number of benzene rings is 1. The highest BCUT2D eigenvalue weighted by atomic mass is 79.9. The van der Waals surface area contributed by atoms with E-state index in [9.17, 15) is 0 Å². The normalized spacial score (nSPS) is 10.9. The van der Waals surface area contributed by atoms with Gasteiger partial charge in [0, 0.05) is 16.1 Å². The van der Waals surface area contributed by atoms with Crippen molar-refractivity contribution in [2.24, 2.45) is 0 Å². The number of hydrogen-bond donors (Lipinski definition) is 0. The van der Waals surface area contributed by atoms with Crippen LogP contribution in [0.2, 0.25) is 5.02 Å². The first kappa shape index (κ1) is 9.94. The lowest BCUT2D eigenvalue weighted by Gasteiger charge is -2.05. The Morgan fingerprint density at radius 1 is 1.21 bits per heavy atom. The molecular weight excluding hydrogens is 261 g/mol. The lowest BCUT2D eigenvalue weighted by Crippen LogP contribution is -1.86. The Labute approximate surface area is 96.2 Å². The number of fused-ring (bicyclic) bond motifs is 1. The van der Waals surface area contributed by atoms with Crippen molar-refractivity contribution in [1.82, 2.24) is 4.98 Å². The molecule has 0 fully saturated rings.